The molecule has 0 fully saturated rings. The number of rotatable bonds is 10. The lowest BCUT2D eigenvalue weighted by Crippen LogP contribution is -2.29. The molecule has 0 aromatic heterocycles. The molecule has 0 aliphatic carbocycles. The lowest BCUT2D eigenvalue weighted by atomic mass is 9.84. The molecule has 5 N–H and O–H groups in total. The fourth-order valence-corrected chi connectivity index (χ4v) is 15.6. The van der Waals surface area contributed by atoms with Gasteiger partial charge in [0.05, 0.1) is 27.8 Å². The predicted octanol–water partition coefficient (Wildman–Crippen LogP) is 24.9. The van der Waals surface area contributed by atoms with E-state index in [2.05, 4.69) is 241 Å². The van der Waals surface area contributed by atoms with E-state index in [1.54, 1.807) is 6.07 Å². The Morgan fingerprint density at radius 1 is 0.248 bits per heavy atom. The van der Waals surface area contributed by atoms with E-state index in [4.69, 9.17) is 23.7 Å². The molecular formula is C95H110O10. The van der Waals surface area contributed by atoms with E-state index in [0.29, 0.717) is 23.0 Å². The van der Waals surface area contributed by atoms with Crippen molar-refractivity contribution in [1.29, 1.82) is 0 Å². The second-order valence-corrected chi connectivity index (χ2v) is 32.1. The fraction of sp³-hybridized carbons (Fsp3) is 0.368. The second-order valence-electron chi connectivity index (χ2n) is 32.1. The van der Waals surface area contributed by atoms with Gasteiger partial charge in [-0.15, -0.1) is 0 Å². The molecule has 5 aliphatic heterocycles. The quantitative estimate of drug-likeness (QED) is 0.0839. The zero-order chi connectivity index (χ0) is 76.0. The van der Waals surface area contributed by atoms with E-state index < -0.39 is 0 Å². The number of ether oxygens (including phenoxy) is 5. The summed E-state index contributed by atoms with van der Waals surface area (Å²) in [6.07, 6.45) is 10.7. The number of phenols is 5. The maximum atomic E-state index is 10.6. The average Bonchev–Trinajstić information content (AvgIpc) is 0.775. The van der Waals surface area contributed by atoms with E-state index in [-0.39, 0.29) is 33.8 Å². The summed E-state index contributed by atoms with van der Waals surface area (Å²) in [6.45, 7) is 41.7. The van der Waals surface area contributed by atoms with Crippen LogP contribution in [-0.4, -0.2) is 25.5 Å². The first-order valence-electron chi connectivity index (χ1n) is 37.9. The molecule has 0 saturated carbocycles. The van der Waals surface area contributed by atoms with Crippen LogP contribution in [0, 0.1) is 41.5 Å². The highest BCUT2D eigenvalue weighted by molar-refractivity contribution is 5.87. The zero-order valence-corrected chi connectivity index (χ0v) is 65.8. The van der Waals surface area contributed by atoms with Crippen molar-refractivity contribution < 1.29 is 49.2 Å². The van der Waals surface area contributed by atoms with Gasteiger partial charge in [-0.25, -0.2) is 0 Å². The summed E-state index contributed by atoms with van der Waals surface area (Å²) in [5, 5.41) is 52.3. The van der Waals surface area contributed by atoms with Gasteiger partial charge in [-0.3, -0.25) is 0 Å². The smallest absolute Gasteiger partial charge is 0.132 e. The number of hydrogen-bond acceptors (Lipinski definition) is 10. The number of phenolic OH excluding ortho intramolecular Hbond substituents is 5. The summed E-state index contributed by atoms with van der Waals surface area (Å²) >= 11 is 0. The van der Waals surface area contributed by atoms with Crippen LogP contribution in [0.15, 0.2) is 152 Å². The molecule has 0 saturated heterocycles. The van der Waals surface area contributed by atoms with Crippen LogP contribution in [0.4, 0.5) is 0 Å². The molecule has 10 nitrogen and oxygen atoms in total. The molecule has 0 spiro atoms. The van der Waals surface area contributed by atoms with Gasteiger partial charge in [-0.1, -0.05) is 172 Å². The minimum Gasteiger partial charge on any atom is -0.507 e. The monoisotopic (exact) mass is 1410 g/mol. The molecular weight excluding hydrogens is 1300 g/mol. The first kappa shape index (κ1) is 76.3. The molecule has 10 aromatic carbocycles. The van der Waals surface area contributed by atoms with Gasteiger partial charge in [0.2, 0.25) is 0 Å². The first-order valence-corrected chi connectivity index (χ1v) is 37.9. The lowest BCUT2D eigenvalue weighted by Gasteiger charge is -2.35. The number of unbranched alkanes of at least 4 members (excludes halogenated alkanes) is 3. The van der Waals surface area contributed by atoms with Gasteiger partial charge < -0.3 is 49.2 Å². The first-order chi connectivity index (χ1) is 49.6. The molecule has 0 bridgehead atoms. The van der Waals surface area contributed by atoms with E-state index >= 15 is 0 Å². The maximum absolute atomic E-state index is 10.6. The van der Waals surface area contributed by atoms with Crippen LogP contribution in [0.5, 0.6) is 57.5 Å². The summed E-state index contributed by atoms with van der Waals surface area (Å²) in [6, 6.07) is 51.3. The highest BCUT2D eigenvalue weighted by Gasteiger charge is 2.40. The third-order valence-electron chi connectivity index (χ3n) is 20.9. The van der Waals surface area contributed by atoms with Gasteiger partial charge in [0.15, 0.2) is 0 Å². The van der Waals surface area contributed by atoms with E-state index in [1.807, 2.05) is 43.3 Å². The van der Waals surface area contributed by atoms with Gasteiger partial charge in [0.1, 0.15) is 85.5 Å². The summed E-state index contributed by atoms with van der Waals surface area (Å²) in [7, 11) is 0. The van der Waals surface area contributed by atoms with Crippen LogP contribution in [0.25, 0.3) is 55.6 Å². The van der Waals surface area contributed by atoms with Crippen molar-refractivity contribution >= 4 is 0 Å². The van der Waals surface area contributed by atoms with E-state index in [1.165, 1.54) is 40.7 Å². The van der Waals surface area contributed by atoms with Crippen molar-refractivity contribution in [2.24, 2.45) is 0 Å². The standard InChI is InChI=1S/C21H26O2.C20H24O2.C19H22O2.C18H20O2.C17H18O2/c1-5-6-7-8-15-12-18(22)20-16-11-14(2)9-10-17(16)21(3,4)23-19(20)13-15;1-5-6-7-14-11-17(21)19-15-10-13(2)8-9-16(15)20(3,4)22-18(19)12-14;1-5-6-13-10-16(20)18-14-9-12(2)7-8-15(14)19(3,4)21-17(18)11-13;1-5-12-9-15(19)17-13-8-11(2)6-7-14(13)18(3,4)20-16(17)10-12;1-10-5-6-13-12(7-10)16-14(18)8-11(2)9-15(16)19-17(13,3)4/h9-13,22H,5-8H2,1-4H3;8-12,21H,5-7H2,1-4H3;7-11,20H,5-6H2,1-4H3;6-10,19H,5H2,1-4H3;5-9,18H,1-4H3. The Bertz CT molecular complexity index is 4920. The number of hydrogen-bond donors (Lipinski definition) is 5. The zero-order valence-electron chi connectivity index (χ0n) is 65.8. The summed E-state index contributed by atoms with van der Waals surface area (Å²) in [5.41, 5.74) is 24.7. The molecule has 10 heteroatoms. The largest absolute Gasteiger partial charge is 0.507 e. The van der Waals surface area contributed by atoms with Crippen molar-refractivity contribution in [2.75, 3.05) is 0 Å². The van der Waals surface area contributed by atoms with Gasteiger partial charge in [0.25, 0.3) is 0 Å². The SMILES string of the molecule is CCCCCc1cc(O)c2c(c1)OC(C)(C)c1ccc(C)cc1-2.CCCCc1cc(O)c2c(c1)OC(C)(C)c1ccc(C)cc1-2.CCCc1cc(O)c2c(c1)OC(C)(C)c1ccc(C)cc1-2.CCc1cc(O)c2c(c1)OC(C)(C)c1ccc(C)cc1-2.Cc1cc(O)c2c(c1)OC(C)(C)c1ccc(C)cc1-2. The molecule has 105 heavy (non-hydrogen) atoms. The normalized spacial score (nSPS) is 15.0. The second kappa shape index (κ2) is 30.0. The number of aryl methyl sites for hydroxylation is 10. The Morgan fingerprint density at radius 2 is 0.495 bits per heavy atom. The summed E-state index contributed by atoms with van der Waals surface area (Å²) < 4.78 is 30.9. The molecule has 10 aromatic rings. The molecule has 0 radical (unpaired) electrons. The number of fused-ring (bicyclic) bond motifs is 15. The average molecular weight is 1410 g/mol. The van der Waals surface area contributed by atoms with Crippen molar-refractivity contribution in [3.8, 4) is 113 Å². The van der Waals surface area contributed by atoms with Crippen LogP contribution in [0.1, 0.15) is 219 Å². The van der Waals surface area contributed by atoms with Gasteiger partial charge in [0, 0.05) is 27.8 Å². The summed E-state index contributed by atoms with van der Waals surface area (Å²) in [5.74, 6) is 5.51. The Kier molecular flexibility index (Phi) is 21.8. The number of benzene rings is 10. The van der Waals surface area contributed by atoms with Crippen LogP contribution in [0.3, 0.4) is 0 Å². The minimum absolute atomic E-state index is 0.289. The van der Waals surface area contributed by atoms with Crippen molar-refractivity contribution in [1.82, 2.24) is 0 Å². The fourth-order valence-electron chi connectivity index (χ4n) is 15.6. The molecule has 5 aliphatic rings. The molecule has 0 amide bonds. The van der Waals surface area contributed by atoms with Crippen LogP contribution in [-0.2, 0) is 53.7 Å². The van der Waals surface area contributed by atoms with Crippen molar-refractivity contribution in [3.63, 3.8) is 0 Å². The molecule has 0 unspecified atom stereocenters. The van der Waals surface area contributed by atoms with Gasteiger partial charge in [-0.2, -0.15) is 0 Å². The predicted molar refractivity (Wildman–Crippen MR) is 430 cm³/mol. The van der Waals surface area contributed by atoms with Crippen LogP contribution in [0.2, 0.25) is 0 Å². The van der Waals surface area contributed by atoms with Gasteiger partial charge >= 0.3 is 0 Å². The van der Waals surface area contributed by atoms with E-state index in [0.717, 1.165) is 191 Å². The summed E-state index contributed by atoms with van der Waals surface area (Å²) in [4.78, 5) is 0. The lowest BCUT2D eigenvalue weighted by molar-refractivity contribution is 0.105. The Balaban J connectivity index is 0.000000131. The van der Waals surface area contributed by atoms with E-state index in [9.17, 15) is 25.5 Å². The molecule has 550 valence electrons. The third kappa shape index (κ3) is 15.9. The van der Waals surface area contributed by atoms with Crippen LogP contribution < -0.4 is 23.7 Å². The Morgan fingerprint density at radius 3 is 0.771 bits per heavy atom. The highest BCUT2D eigenvalue weighted by Crippen LogP contribution is 2.55. The van der Waals surface area contributed by atoms with Crippen LogP contribution >= 0.6 is 0 Å². The Hall–Kier alpha value is -9.80. The van der Waals surface area contributed by atoms with Crippen molar-refractivity contribution in [3.05, 3.63) is 235 Å². The number of aromatic hydroxyl groups is 5. The highest BCUT2D eigenvalue weighted by atomic mass is 16.5. The Labute approximate surface area is 624 Å². The topological polar surface area (TPSA) is 147 Å². The van der Waals surface area contributed by atoms with Crippen molar-refractivity contribution in [2.45, 2.75) is 231 Å². The molecule has 5 heterocycles. The third-order valence-corrected chi connectivity index (χ3v) is 20.9. The molecule has 15 rings (SSSR count). The van der Waals surface area contributed by atoms with Gasteiger partial charge in [-0.05, 0) is 266 Å². The maximum Gasteiger partial charge on any atom is 0.132 e. The molecule has 0 atom stereocenters. The minimum atomic E-state index is -0.384.